The van der Waals surface area contributed by atoms with Crippen LogP contribution in [0.25, 0.3) is 10.9 Å². The van der Waals surface area contributed by atoms with E-state index in [1.54, 1.807) is 0 Å². The number of nitrogen functional groups attached to an aromatic ring is 1. The molecule has 2 heterocycles. The normalized spacial score (nSPS) is 21.9. The first-order chi connectivity index (χ1) is 7.75. The number of para-hydroxylation sites is 1. The number of fused-ring (bicyclic) bond motifs is 1. The number of H-pyrrole nitrogens is 1. The van der Waals surface area contributed by atoms with Crippen molar-refractivity contribution in [2.24, 2.45) is 0 Å². The van der Waals surface area contributed by atoms with Crippen molar-refractivity contribution >= 4 is 16.7 Å². The Kier molecular flexibility index (Phi) is 2.14. The molecule has 1 fully saturated rings. The monoisotopic (exact) mass is 215 g/mol. The lowest BCUT2D eigenvalue weighted by molar-refractivity contribution is 0.412. The second-order valence-electron chi connectivity index (χ2n) is 4.75. The van der Waals surface area contributed by atoms with Crippen molar-refractivity contribution in [2.45, 2.75) is 12.3 Å². The molecule has 3 heteroatoms. The van der Waals surface area contributed by atoms with E-state index in [1.165, 1.54) is 23.9 Å². The molecule has 1 aliphatic rings. The molecule has 3 rings (SSSR count). The first kappa shape index (κ1) is 9.73. The van der Waals surface area contributed by atoms with Gasteiger partial charge in [0.1, 0.15) is 5.82 Å². The Balaban J connectivity index is 2.12. The number of nitrogens with two attached hydrogens (primary N) is 1. The number of anilines is 1. The number of nitrogens with one attached hydrogen (secondary N) is 1. The quantitative estimate of drug-likeness (QED) is 0.765. The van der Waals surface area contributed by atoms with Gasteiger partial charge in [0.15, 0.2) is 0 Å². The van der Waals surface area contributed by atoms with Gasteiger partial charge in [-0.1, -0.05) is 18.2 Å². The first-order valence-corrected chi connectivity index (χ1v) is 5.80. The van der Waals surface area contributed by atoms with E-state index in [0.29, 0.717) is 5.92 Å². The number of aromatic nitrogens is 1. The molecule has 1 aromatic carbocycles. The minimum atomic E-state index is 0.584. The highest BCUT2D eigenvalue weighted by atomic mass is 15.1. The Morgan fingerprint density at radius 3 is 2.94 bits per heavy atom. The van der Waals surface area contributed by atoms with Gasteiger partial charge in [-0.05, 0) is 26.1 Å². The van der Waals surface area contributed by atoms with Crippen LogP contribution >= 0.6 is 0 Å². The molecule has 84 valence electrons. The largest absolute Gasteiger partial charge is 0.385 e. The van der Waals surface area contributed by atoms with Crippen molar-refractivity contribution in [2.75, 3.05) is 25.9 Å². The fraction of sp³-hybridized carbons (Fsp3) is 0.385. The summed E-state index contributed by atoms with van der Waals surface area (Å²) < 4.78 is 0. The molecule has 2 aromatic rings. The Morgan fingerprint density at radius 1 is 1.38 bits per heavy atom. The van der Waals surface area contributed by atoms with Gasteiger partial charge < -0.3 is 15.6 Å². The zero-order chi connectivity index (χ0) is 11.1. The molecule has 0 amide bonds. The second-order valence-corrected chi connectivity index (χ2v) is 4.75. The van der Waals surface area contributed by atoms with Crippen LogP contribution in [0.4, 0.5) is 5.82 Å². The Morgan fingerprint density at radius 2 is 2.19 bits per heavy atom. The highest BCUT2D eigenvalue weighted by molar-refractivity contribution is 5.88. The summed E-state index contributed by atoms with van der Waals surface area (Å²) in [6.07, 6.45) is 1.21. The lowest BCUT2D eigenvalue weighted by Gasteiger charge is -2.10. The Hall–Kier alpha value is -1.48. The van der Waals surface area contributed by atoms with Gasteiger partial charge in [-0.15, -0.1) is 0 Å². The van der Waals surface area contributed by atoms with E-state index in [4.69, 9.17) is 5.73 Å². The summed E-state index contributed by atoms with van der Waals surface area (Å²) in [5.41, 5.74) is 8.58. The van der Waals surface area contributed by atoms with Gasteiger partial charge in [0, 0.05) is 28.9 Å². The maximum absolute atomic E-state index is 6.10. The van der Waals surface area contributed by atoms with Crippen LogP contribution in [0.5, 0.6) is 0 Å². The molecule has 1 atom stereocenters. The summed E-state index contributed by atoms with van der Waals surface area (Å²) in [6.45, 7) is 2.29. The van der Waals surface area contributed by atoms with Crippen LogP contribution in [0.15, 0.2) is 24.3 Å². The number of benzene rings is 1. The number of hydrogen-bond acceptors (Lipinski definition) is 2. The minimum Gasteiger partial charge on any atom is -0.385 e. The maximum atomic E-state index is 6.10. The van der Waals surface area contributed by atoms with E-state index in [2.05, 4.69) is 35.1 Å². The second kappa shape index (κ2) is 3.52. The summed E-state index contributed by atoms with van der Waals surface area (Å²) in [5, 5.41) is 1.29. The fourth-order valence-electron chi connectivity index (χ4n) is 2.79. The number of rotatable bonds is 1. The summed E-state index contributed by atoms with van der Waals surface area (Å²) in [4.78, 5) is 5.64. The molecule has 3 nitrogen and oxygen atoms in total. The van der Waals surface area contributed by atoms with E-state index < -0.39 is 0 Å². The third-order valence-corrected chi connectivity index (χ3v) is 3.58. The van der Waals surface area contributed by atoms with Crippen molar-refractivity contribution in [3.05, 3.63) is 29.8 Å². The topological polar surface area (TPSA) is 45.0 Å². The van der Waals surface area contributed by atoms with Gasteiger partial charge in [-0.3, -0.25) is 0 Å². The predicted octanol–water partition coefficient (Wildman–Crippen LogP) is 2.17. The number of aromatic amines is 1. The molecule has 1 aromatic heterocycles. The molecule has 1 saturated heterocycles. The van der Waals surface area contributed by atoms with E-state index in [-0.39, 0.29) is 0 Å². The lowest BCUT2D eigenvalue weighted by Crippen LogP contribution is -2.13. The van der Waals surface area contributed by atoms with Crippen molar-refractivity contribution in [3.63, 3.8) is 0 Å². The summed E-state index contributed by atoms with van der Waals surface area (Å²) in [5.74, 6) is 1.43. The molecule has 1 aliphatic heterocycles. The van der Waals surface area contributed by atoms with Crippen LogP contribution in [-0.2, 0) is 0 Å². The predicted molar refractivity (Wildman–Crippen MR) is 67.6 cm³/mol. The van der Waals surface area contributed by atoms with E-state index >= 15 is 0 Å². The standard InChI is InChI=1S/C13H17N3/c1-16-7-6-9(8-16)12-10-4-2-3-5-11(10)15-13(12)14/h2-5,9,15H,6-8,14H2,1H3/t9-/m1/s1. The maximum Gasteiger partial charge on any atom is 0.105 e. The van der Waals surface area contributed by atoms with Gasteiger partial charge in [-0.2, -0.15) is 0 Å². The van der Waals surface area contributed by atoms with Crippen molar-refractivity contribution < 1.29 is 0 Å². The zero-order valence-electron chi connectivity index (χ0n) is 9.53. The molecular formula is C13H17N3. The molecule has 0 saturated carbocycles. The van der Waals surface area contributed by atoms with Crippen LogP contribution in [0.3, 0.4) is 0 Å². The summed E-state index contributed by atoms with van der Waals surface area (Å²) in [7, 11) is 2.17. The van der Waals surface area contributed by atoms with E-state index in [9.17, 15) is 0 Å². The number of nitrogens with zero attached hydrogens (tertiary/aromatic N) is 1. The molecule has 16 heavy (non-hydrogen) atoms. The van der Waals surface area contributed by atoms with E-state index in [0.717, 1.165) is 17.9 Å². The third-order valence-electron chi connectivity index (χ3n) is 3.58. The highest BCUT2D eigenvalue weighted by Gasteiger charge is 2.25. The molecule has 0 radical (unpaired) electrons. The van der Waals surface area contributed by atoms with Crippen LogP contribution < -0.4 is 5.73 Å². The molecule has 0 unspecified atom stereocenters. The number of likely N-dealkylation sites (N-methyl/N-ethyl adjacent to an activating group) is 1. The highest BCUT2D eigenvalue weighted by Crippen LogP contribution is 2.35. The molecule has 3 N–H and O–H groups in total. The van der Waals surface area contributed by atoms with Crippen LogP contribution in [0, 0.1) is 0 Å². The average molecular weight is 215 g/mol. The minimum absolute atomic E-state index is 0.584. The van der Waals surface area contributed by atoms with Crippen LogP contribution in [0.2, 0.25) is 0 Å². The SMILES string of the molecule is CN1CC[C@@H](c2c(N)[nH]c3ccccc23)C1. The summed E-state index contributed by atoms with van der Waals surface area (Å²) in [6, 6.07) is 8.38. The van der Waals surface area contributed by atoms with Gasteiger partial charge in [0.2, 0.25) is 0 Å². The zero-order valence-corrected chi connectivity index (χ0v) is 9.53. The van der Waals surface area contributed by atoms with Crippen LogP contribution in [0.1, 0.15) is 17.9 Å². The number of likely N-dealkylation sites (tertiary alicyclic amines) is 1. The van der Waals surface area contributed by atoms with Crippen molar-refractivity contribution in [1.82, 2.24) is 9.88 Å². The van der Waals surface area contributed by atoms with Gasteiger partial charge in [0.25, 0.3) is 0 Å². The van der Waals surface area contributed by atoms with Gasteiger partial charge in [-0.25, -0.2) is 0 Å². The van der Waals surface area contributed by atoms with E-state index in [1.807, 2.05) is 6.07 Å². The molecular weight excluding hydrogens is 198 g/mol. The molecule has 0 aliphatic carbocycles. The van der Waals surface area contributed by atoms with Crippen LogP contribution in [-0.4, -0.2) is 30.0 Å². The Labute approximate surface area is 95.2 Å². The molecule has 0 bridgehead atoms. The van der Waals surface area contributed by atoms with Gasteiger partial charge in [0.05, 0.1) is 0 Å². The van der Waals surface area contributed by atoms with Crippen molar-refractivity contribution in [1.29, 1.82) is 0 Å². The molecule has 0 spiro atoms. The average Bonchev–Trinajstić information content (AvgIpc) is 2.80. The van der Waals surface area contributed by atoms with Crippen molar-refractivity contribution in [3.8, 4) is 0 Å². The lowest BCUT2D eigenvalue weighted by atomic mass is 9.97. The number of hydrogen-bond donors (Lipinski definition) is 2. The van der Waals surface area contributed by atoms with Gasteiger partial charge >= 0.3 is 0 Å². The first-order valence-electron chi connectivity index (χ1n) is 5.80. The summed E-state index contributed by atoms with van der Waals surface area (Å²) >= 11 is 0. The Bertz CT molecular complexity index is 515. The smallest absolute Gasteiger partial charge is 0.105 e. The fourth-order valence-corrected chi connectivity index (χ4v) is 2.79. The third kappa shape index (κ3) is 1.39.